The quantitative estimate of drug-likeness (QED) is 0.673. The van der Waals surface area contributed by atoms with E-state index >= 15 is 0 Å². The average molecular weight is 313 g/mol. The van der Waals surface area contributed by atoms with Crippen molar-refractivity contribution < 1.29 is 18.7 Å². The van der Waals surface area contributed by atoms with Crippen LogP contribution in [-0.2, 0) is 0 Å². The summed E-state index contributed by atoms with van der Waals surface area (Å²) < 4.78 is 27.6. The number of phenols is 1. The molecule has 0 aromatic heterocycles. The van der Waals surface area contributed by atoms with Gasteiger partial charge in [0.2, 0.25) is 0 Å². The van der Waals surface area contributed by atoms with E-state index in [0.29, 0.717) is 0 Å². The van der Waals surface area contributed by atoms with Gasteiger partial charge in [0.05, 0.1) is 5.56 Å². The summed E-state index contributed by atoms with van der Waals surface area (Å²) in [7, 11) is 0. The minimum absolute atomic E-state index is 0.0276. The SMILES string of the molecule is [C-]#[N+]C1=NC2C=C(C(=O)c3c(F)ccc(O)c3F)C=CC2N=C1. The fraction of sp³-hybridized carbons (Fsp3) is 0.125. The van der Waals surface area contributed by atoms with Crippen LogP contribution in [0, 0.1) is 18.2 Å². The Morgan fingerprint density at radius 2 is 2.09 bits per heavy atom. The van der Waals surface area contributed by atoms with E-state index in [4.69, 9.17) is 6.57 Å². The number of aromatic hydroxyl groups is 1. The number of nitrogens with zero attached hydrogens (tertiary/aromatic N) is 3. The van der Waals surface area contributed by atoms with Gasteiger partial charge in [-0.2, -0.15) is 4.99 Å². The number of amidine groups is 1. The first-order valence-corrected chi connectivity index (χ1v) is 6.61. The first-order valence-electron chi connectivity index (χ1n) is 6.61. The molecule has 1 aliphatic heterocycles. The Kier molecular flexibility index (Phi) is 3.58. The lowest BCUT2D eigenvalue weighted by atomic mass is 9.92. The number of Topliss-reactive ketones (excluding diaryl/α,β-unsaturated/α-hetero) is 1. The minimum atomic E-state index is -1.31. The van der Waals surface area contributed by atoms with Crippen LogP contribution in [0.25, 0.3) is 4.85 Å². The number of hydrogen-bond donors (Lipinski definition) is 1. The third-order valence-electron chi connectivity index (χ3n) is 3.49. The van der Waals surface area contributed by atoms with Crippen molar-refractivity contribution in [1.29, 1.82) is 0 Å². The van der Waals surface area contributed by atoms with Crippen molar-refractivity contribution in [3.8, 4) is 5.75 Å². The molecule has 2 atom stereocenters. The highest BCUT2D eigenvalue weighted by molar-refractivity contribution is 6.34. The zero-order valence-electron chi connectivity index (χ0n) is 11.6. The summed E-state index contributed by atoms with van der Waals surface area (Å²) in [4.78, 5) is 23.8. The molecule has 0 saturated heterocycles. The van der Waals surface area contributed by atoms with Crippen LogP contribution in [0.3, 0.4) is 0 Å². The van der Waals surface area contributed by atoms with E-state index in [1.807, 2.05) is 0 Å². The summed E-state index contributed by atoms with van der Waals surface area (Å²) in [5.74, 6) is -3.98. The number of carbonyl (C=O) groups is 1. The van der Waals surface area contributed by atoms with Crippen molar-refractivity contribution in [3.05, 3.63) is 64.5 Å². The Bertz CT molecular complexity index is 863. The minimum Gasteiger partial charge on any atom is -0.505 e. The Labute approximate surface area is 129 Å². The first-order chi connectivity index (χ1) is 11.0. The molecule has 1 heterocycles. The molecule has 2 aliphatic rings. The van der Waals surface area contributed by atoms with Crippen LogP contribution in [0.5, 0.6) is 5.75 Å². The molecule has 0 bridgehead atoms. The highest BCUT2D eigenvalue weighted by Crippen LogP contribution is 2.27. The zero-order valence-corrected chi connectivity index (χ0v) is 11.6. The summed E-state index contributed by atoms with van der Waals surface area (Å²) in [6.07, 6.45) is 5.74. The molecule has 1 aliphatic carbocycles. The number of phenolic OH excluding ortho intramolecular Hbond substituents is 1. The number of carbonyl (C=O) groups excluding carboxylic acids is 1. The molecule has 1 aromatic carbocycles. The van der Waals surface area contributed by atoms with Gasteiger partial charge in [0.25, 0.3) is 5.84 Å². The van der Waals surface area contributed by atoms with Crippen LogP contribution in [0.15, 0.2) is 45.9 Å². The van der Waals surface area contributed by atoms with E-state index in [1.54, 1.807) is 6.08 Å². The second-order valence-corrected chi connectivity index (χ2v) is 4.92. The van der Waals surface area contributed by atoms with Gasteiger partial charge >= 0.3 is 0 Å². The standard InChI is InChI=1S/C16H9F2N3O2/c1-19-13-7-20-10-4-2-8(6-11(10)21-13)16(23)14-9(17)3-5-12(22)15(14)18/h2-7,10-11,22H. The Morgan fingerprint density at radius 1 is 1.30 bits per heavy atom. The smallest absolute Gasteiger partial charge is 0.282 e. The van der Waals surface area contributed by atoms with E-state index in [-0.39, 0.29) is 17.5 Å². The summed E-state index contributed by atoms with van der Waals surface area (Å²) in [5, 5.41) is 9.32. The first kappa shape index (κ1) is 14.8. The monoisotopic (exact) mass is 313 g/mol. The number of allylic oxidation sites excluding steroid dienone is 2. The zero-order chi connectivity index (χ0) is 16.6. The number of fused-ring (bicyclic) bond motifs is 1. The van der Waals surface area contributed by atoms with Gasteiger partial charge in [-0.05, 0) is 18.2 Å². The Balaban J connectivity index is 1.99. The molecule has 0 spiro atoms. The van der Waals surface area contributed by atoms with Gasteiger partial charge in [0.1, 0.15) is 11.9 Å². The lowest BCUT2D eigenvalue weighted by Gasteiger charge is -2.19. The molecule has 2 unspecified atom stereocenters. The Morgan fingerprint density at radius 3 is 2.83 bits per heavy atom. The molecule has 7 heteroatoms. The predicted octanol–water partition coefficient (Wildman–Crippen LogP) is 2.49. The second-order valence-electron chi connectivity index (χ2n) is 4.92. The van der Waals surface area contributed by atoms with Gasteiger partial charge in [-0.25, -0.2) is 8.78 Å². The molecule has 5 nitrogen and oxygen atoms in total. The van der Waals surface area contributed by atoms with Crippen molar-refractivity contribution in [3.63, 3.8) is 0 Å². The van der Waals surface area contributed by atoms with Crippen molar-refractivity contribution in [2.45, 2.75) is 12.1 Å². The van der Waals surface area contributed by atoms with E-state index in [2.05, 4.69) is 14.8 Å². The summed E-state index contributed by atoms with van der Waals surface area (Å²) in [6.45, 7) is 6.92. The highest BCUT2D eigenvalue weighted by atomic mass is 19.1. The third kappa shape index (κ3) is 2.55. The Hall–Kier alpha value is -3.14. The molecule has 23 heavy (non-hydrogen) atoms. The van der Waals surface area contributed by atoms with Gasteiger partial charge in [-0.1, -0.05) is 18.7 Å². The van der Waals surface area contributed by atoms with E-state index in [0.717, 1.165) is 12.1 Å². The van der Waals surface area contributed by atoms with Crippen molar-refractivity contribution >= 4 is 17.8 Å². The van der Waals surface area contributed by atoms with Crippen molar-refractivity contribution in [2.24, 2.45) is 9.98 Å². The maximum atomic E-state index is 13.9. The van der Waals surface area contributed by atoms with Crippen LogP contribution in [0.4, 0.5) is 8.78 Å². The fourth-order valence-electron chi connectivity index (χ4n) is 2.35. The van der Waals surface area contributed by atoms with E-state index < -0.39 is 34.8 Å². The maximum Gasteiger partial charge on any atom is 0.282 e. The van der Waals surface area contributed by atoms with Gasteiger partial charge in [0, 0.05) is 11.8 Å². The van der Waals surface area contributed by atoms with Crippen molar-refractivity contribution in [1.82, 2.24) is 0 Å². The lowest BCUT2D eigenvalue weighted by molar-refractivity contribution is 0.102. The van der Waals surface area contributed by atoms with Crippen LogP contribution >= 0.6 is 0 Å². The normalized spacial score (nSPS) is 22.0. The molecule has 1 N–H and O–H groups in total. The number of aliphatic imine (C=N–C) groups is 2. The summed E-state index contributed by atoms with van der Waals surface area (Å²) in [5.41, 5.74) is -0.798. The number of benzene rings is 1. The molecule has 114 valence electrons. The second kappa shape index (κ2) is 5.57. The van der Waals surface area contributed by atoms with Gasteiger partial charge in [-0.3, -0.25) is 9.79 Å². The van der Waals surface area contributed by atoms with Gasteiger partial charge in [-0.15, -0.1) is 0 Å². The average Bonchev–Trinajstić information content (AvgIpc) is 2.57. The molecule has 0 fully saturated rings. The number of ketones is 1. The molecule has 0 saturated carbocycles. The van der Waals surface area contributed by atoms with Crippen molar-refractivity contribution in [2.75, 3.05) is 0 Å². The number of rotatable bonds is 2. The van der Waals surface area contributed by atoms with Crippen LogP contribution in [0.2, 0.25) is 0 Å². The van der Waals surface area contributed by atoms with Gasteiger partial charge < -0.3 is 9.95 Å². The fourth-order valence-corrected chi connectivity index (χ4v) is 2.35. The molecular weight excluding hydrogens is 304 g/mol. The summed E-state index contributed by atoms with van der Waals surface area (Å²) >= 11 is 0. The largest absolute Gasteiger partial charge is 0.505 e. The van der Waals surface area contributed by atoms with Crippen LogP contribution in [0.1, 0.15) is 10.4 Å². The molecule has 0 amide bonds. The highest BCUT2D eigenvalue weighted by Gasteiger charge is 2.30. The molecule has 3 rings (SSSR count). The third-order valence-corrected chi connectivity index (χ3v) is 3.49. The molecule has 1 aromatic rings. The van der Waals surface area contributed by atoms with E-state index in [9.17, 15) is 18.7 Å². The van der Waals surface area contributed by atoms with Crippen LogP contribution in [-0.4, -0.2) is 35.0 Å². The topological polar surface area (TPSA) is 66.4 Å². The van der Waals surface area contributed by atoms with Crippen LogP contribution < -0.4 is 0 Å². The maximum absolute atomic E-state index is 13.9. The number of hydrogen-bond acceptors (Lipinski definition) is 4. The molecule has 0 radical (unpaired) electrons. The molecular formula is C16H9F2N3O2. The number of halogens is 2. The van der Waals surface area contributed by atoms with E-state index in [1.165, 1.54) is 18.4 Å². The predicted molar refractivity (Wildman–Crippen MR) is 79.7 cm³/mol. The van der Waals surface area contributed by atoms with Gasteiger partial charge in [0.15, 0.2) is 23.4 Å². The lowest BCUT2D eigenvalue weighted by Crippen LogP contribution is -2.28. The summed E-state index contributed by atoms with van der Waals surface area (Å²) in [6, 6.07) is 0.735.